The van der Waals surface area contributed by atoms with Crippen LogP contribution in [0, 0.1) is 11.8 Å². The fourth-order valence-electron chi connectivity index (χ4n) is 3.70. The smallest absolute Gasteiger partial charge is 0.0342 e. The van der Waals surface area contributed by atoms with Crippen LogP contribution in [0.1, 0.15) is 52.0 Å². The molecule has 2 fully saturated rings. The highest BCUT2D eigenvalue weighted by Crippen LogP contribution is 2.45. The van der Waals surface area contributed by atoms with Crippen LogP contribution in [0.4, 0.5) is 5.69 Å². The summed E-state index contributed by atoms with van der Waals surface area (Å²) in [5.41, 5.74) is 2.98. The Balaban J connectivity index is 1.67. The molecule has 0 aliphatic heterocycles. The average Bonchev–Trinajstić information content (AvgIpc) is 2.90. The molecule has 18 heavy (non-hydrogen) atoms. The second-order valence-electron chi connectivity index (χ2n) is 7.25. The summed E-state index contributed by atoms with van der Waals surface area (Å²) in [6.07, 6.45) is 5.79. The molecule has 3 unspecified atom stereocenters. The minimum absolute atomic E-state index is 0.255. The molecular weight excluding hydrogens is 218 g/mol. The molecule has 0 amide bonds. The van der Waals surface area contributed by atoms with Crippen molar-refractivity contribution < 1.29 is 0 Å². The van der Waals surface area contributed by atoms with Crippen molar-refractivity contribution in [3.8, 4) is 0 Å². The predicted molar refractivity (Wildman–Crippen MR) is 78.0 cm³/mol. The van der Waals surface area contributed by atoms with Crippen LogP contribution in [0.2, 0.25) is 0 Å². The van der Waals surface area contributed by atoms with E-state index in [0.29, 0.717) is 0 Å². The van der Waals surface area contributed by atoms with Crippen LogP contribution >= 0.6 is 0 Å². The van der Waals surface area contributed by atoms with Crippen molar-refractivity contribution in [3.05, 3.63) is 29.8 Å². The van der Waals surface area contributed by atoms with Gasteiger partial charge in [-0.05, 0) is 54.2 Å². The van der Waals surface area contributed by atoms with Gasteiger partial charge in [-0.3, -0.25) is 0 Å². The quantitative estimate of drug-likeness (QED) is 0.801. The zero-order valence-electron chi connectivity index (χ0n) is 11.9. The van der Waals surface area contributed by atoms with E-state index in [2.05, 4.69) is 50.4 Å². The van der Waals surface area contributed by atoms with Crippen LogP contribution in [0.15, 0.2) is 24.3 Å². The number of anilines is 1. The van der Waals surface area contributed by atoms with E-state index in [0.717, 1.165) is 17.9 Å². The van der Waals surface area contributed by atoms with E-state index >= 15 is 0 Å². The maximum atomic E-state index is 3.75. The summed E-state index contributed by atoms with van der Waals surface area (Å²) in [5, 5.41) is 3.75. The topological polar surface area (TPSA) is 12.0 Å². The first kappa shape index (κ1) is 12.1. The van der Waals surface area contributed by atoms with E-state index in [1.165, 1.54) is 36.9 Å². The molecule has 1 aromatic rings. The molecule has 3 rings (SSSR count). The van der Waals surface area contributed by atoms with Gasteiger partial charge in [0.15, 0.2) is 0 Å². The molecule has 0 saturated heterocycles. The molecule has 1 nitrogen and oxygen atoms in total. The standard InChI is InChI=1S/C17H25N/c1-17(2,3)14-6-8-15(9-7-14)18-16-11-12-4-5-13(16)10-12/h6-9,12-13,16,18H,4-5,10-11H2,1-3H3. The van der Waals surface area contributed by atoms with Crippen LogP contribution in [-0.4, -0.2) is 6.04 Å². The third-order valence-corrected chi connectivity index (χ3v) is 4.84. The Hall–Kier alpha value is -0.980. The van der Waals surface area contributed by atoms with Gasteiger partial charge in [-0.2, -0.15) is 0 Å². The Morgan fingerprint density at radius 1 is 1.00 bits per heavy atom. The van der Waals surface area contributed by atoms with Gasteiger partial charge in [0.05, 0.1) is 0 Å². The summed E-state index contributed by atoms with van der Waals surface area (Å²) in [6.45, 7) is 6.81. The van der Waals surface area contributed by atoms with Crippen molar-refractivity contribution in [1.29, 1.82) is 0 Å². The van der Waals surface area contributed by atoms with Crippen LogP contribution in [0.5, 0.6) is 0 Å². The second-order valence-corrected chi connectivity index (χ2v) is 7.25. The van der Waals surface area contributed by atoms with Gasteiger partial charge in [0, 0.05) is 11.7 Å². The first-order valence-corrected chi connectivity index (χ1v) is 7.39. The normalized spacial score (nSPS) is 30.7. The maximum absolute atomic E-state index is 3.75. The van der Waals surface area contributed by atoms with Gasteiger partial charge in [-0.15, -0.1) is 0 Å². The fraction of sp³-hybridized carbons (Fsp3) is 0.647. The Labute approximate surface area is 111 Å². The Morgan fingerprint density at radius 2 is 1.72 bits per heavy atom. The lowest BCUT2D eigenvalue weighted by atomic mass is 9.87. The van der Waals surface area contributed by atoms with E-state index < -0.39 is 0 Å². The number of hydrogen-bond donors (Lipinski definition) is 1. The SMILES string of the molecule is CC(C)(C)c1ccc(NC2CC3CCC2C3)cc1. The Bertz CT molecular complexity index is 412. The van der Waals surface area contributed by atoms with Crippen molar-refractivity contribution in [3.63, 3.8) is 0 Å². The van der Waals surface area contributed by atoms with Gasteiger partial charge in [-0.1, -0.05) is 39.3 Å². The molecule has 3 atom stereocenters. The molecule has 2 saturated carbocycles. The van der Waals surface area contributed by atoms with E-state index in [1.54, 1.807) is 0 Å². The first-order valence-electron chi connectivity index (χ1n) is 7.39. The Kier molecular flexibility index (Phi) is 2.88. The zero-order chi connectivity index (χ0) is 12.8. The minimum atomic E-state index is 0.255. The van der Waals surface area contributed by atoms with Crippen LogP contribution < -0.4 is 5.32 Å². The third-order valence-electron chi connectivity index (χ3n) is 4.84. The van der Waals surface area contributed by atoms with Crippen molar-refractivity contribution >= 4 is 5.69 Å². The largest absolute Gasteiger partial charge is 0.382 e. The summed E-state index contributed by atoms with van der Waals surface area (Å²) in [5.74, 6) is 1.96. The highest BCUT2D eigenvalue weighted by molar-refractivity contribution is 5.47. The van der Waals surface area contributed by atoms with Crippen molar-refractivity contribution in [1.82, 2.24) is 0 Å². The summed E-state index contributed by atoms with van der Waals surface area (Å²) < 4.78 is 0. The second kappa shape index (κ2) is 4.29. The molecule has 2 aliphatic rings. The number of fused-ring (bicyclic) bond motifs is 2. The molecule has 1 aromatic carbocycles. The van der Waals surface area contributed by atoms with Gasteiger partial charge >= 0.3 is 0 Å². The van der Waals surface area contributed by atoms with Gasteiger partial charge in [0.25, 0.3) is 0 Å². The summed E-state index contributed by atoms with van der Waals surface area (Å²) in [7, 11) is 0. The van der Waals surface area contributed by atoms with Gasteiger partial charge in [0.1, 0.15) is 0 Å². The highest BCUT2D eigenvalue weighted by atomic mass is 14.9. The molecule has 1 heteroatoms. The Morgan fingerprint density at radius 3 is 2.22 bits per heavy atom. The highest BCUT2D eigenvalue weighted by Gasteiger charge is 2.39. The third kappa shape index (κ3) is 2.28. The van der Waals surface area contributed by atoms with Crippen molar-refractivity contribution in [2.75, 3.05) is 5.32 Å². The zero-order valence-corrected chi connectivity index (χ0v) is 11.9. The molecule has 1 N–H and O–H groups in total. The van der Waals surface area contributed by atoms with Gasteiger partial charge in [0.2, 0.25) is 0 Å². The fourth-order valence-corrected chi connectivity index (χ4v) is 3.70. The number of rotatable bonds is 2. The maximum Gasteiger partial charge on any atom is 0.0342 e. The molecule has 2 bridgehead atoms. The van der Waals surface area contributed by atoms with Crippen molar-refractivity contribution in [2.45, 2.75) is 57.9 Å². The summed E-state index contributed by atoms with van der Waals surface area (Å²) >= 11 is 0. The molecule has 0 spiro atoms. The van der Waals surface area contributed by atoms with E-state index in [1.807, 2.05) is 0 Å². The summed E-state index contributed by atoms with van der Waals surface area (Å²) in [4.78, 5) is 0. The van der Waals surface area contributed by atoms with Gasteiger partial charge < -0.3 is 5.32 Å². The summed E-state index contributed by atoms with van der Waals surface area (Å²) in [6, 6.07) is 9.80. The minimum Gasteiger partial charge on any atom is -0.382 e. The molecule has 2 aliphatic carbocycles. The van der Waals surface area contributed by atoms with E-state index in [9.17, 15) is 0 Å². The van der Waals surface area contributed by atoms with E-state index in [-0.39, 0.29) is 5.41 Å². The average molecular weight is 243 g/mol. The molecule has 0 radical (unpaired) electrons. The van der Waals surface area contributed by atoms with Crippen LogP contribution in [-0.2, 0) is 5.41 Å². The van der Waals surface area contributed by atoms with Crippen LogP contribution in [0.25, 0.3) is 0 Å². The predicted octanol–water partition coefficient (Wildman–Crippen LogP) is 4.58. The lowest BCUT2D eigenvalue weighted by Crippen LogP contribution is -2.25. The first-order chi connectivity index (χ1) is 8.52. The number of hydrogen-bond acceptors (Lipinski definition) is 1. The van der Waals surface area contributed by atoms with Crippen molar-refractivity contribution in [2.24, 2.45) is 11.8 Å². The molecule has 0 heterocycles. The molecular formula is C17H25N. The van der Waals surface area contributed by atoms with Gasteiger partial charge in [-0.25, -0.2) is 0 Å². The van der Waals surface area contributed by atoms with E-state index in [4.69, 9.17) is 0 Å². The lowest BCUT2D eigenvalue weighted by molar-refractivity contribution is 0.440. The number of nitrogens with one attached hydrogen (secondary N) is 1. The lowest BCUT2D eigenvalue weighted by Gasteiger charge is -2.25. The monoisotopic (exact) mass is 243 g/mol. The molecule has 0 aromatic heterocycles. The number of benzene rings is 1. The van der Waals surface area contributed by atoms with Crippen LogP contribution in [0.3, 0.4) is 0 Å². The molecule has 98 valence electrons.